The van der Waals surface area contributed by atoms with Gasteiger partial charge in [0.1, 0.15) is 0 Å². The normalized spacial score (nSPS) is 12.9. The first-order valence-corrected chi connectivity index (χ1v) is 4.81. The highest BCUT2D eigenvalue weighted by atomic mass is 35.5. The van der Waals surface area contributed by atoms with Crippen molar-refractivity contribution in [2.75, 3.05) is 19.4 Å². The fourth-order valence-electron chi connectivity index (χ4n) is 1.41. The van der Waals surface area contributed by atoms with Crippen molar-refractivity contribution < 1.29 is 5.11 Å². The van der Waals surface area contributed by atoms with Gasteiger partial charge in [0.05, 0.1) is 12.6 Å². The van der Waals surface area contributed by atoms with E-state index < -0.39 is 0 Å². The third-order valence-corrected chi connectivity index (χ3v) is 2.51. The van der Waals surface area contributed by atoms with Crippen LogP contribution < -0.4 is 11.1 Å². The number of nitrogens with one attached hydrogen (secondary N) is 1. The summed E-state index contributed by atoms with van der Waals surface area (Å²) in [6, 6.07) is 3.43. The summed E-state index contributed by atoms with van der Waals surface area (Å²) in [5.41, 5.74) is 8.36. The first-order chi connectivity index (χ1) is 6.60. The number of aliphatic hydroxyl groups excluding tert-OH is 1. The van der Waals surface area contributed by atoms with Crippen LogP contribution in [-0.2, 0) is 0 Å². The van der Waals surface area contributed by atoms with Gasteiger partial charge in [-0.1, -0.05) is 11.6 Å². The molecule has 3 nitrogen and oxygen atoms in total. The lowest BCUT2D eigenvalue weighted by molar-refractivity contribution is 0.251. The van der Waals surface area contributed by atoms with Crippen LogP contribution in [0.15, 0.2) is 12.1 Å². The molecule has 0 fully saturated rings. The lowest BCUT2D eigenvalue weighted by Gasteiger charge is -2.17. The molecule has 4 heteroatoms. The van der Waals surface area contributed by atoms with Crippen LogP contribution in [0, 0.1) is 6.92 Å². The zero-order valence-electron chi connectivity index (χ0n) is 8.34. The summed E-state index contributed by atoms with van der Waals surface area (Å²) in [5, 5.41) is 12.7. The minimum atomic E-state index is -0.160. The van der Waals surface area contributed by atoms with Crippen molar-refractivity contribution in [3.63, 3.8) is 0 Å². The number of aliphatic hydroxyl groups is 1. The highest BCUT2D eigenvalue weighted by molar-refractivity contribution is 6.30. The van der Waals surface area contributed by atoms with E-state index in [-0.39, 0.29) is 12.6 Å². The number of rotatable bonds is 3. The van der Waals surface area contributed by atoms with E-state index in [9.17, 15) is 0 Å². The van der Waals surface area contributed by atoms with E-state index in [0.29, 0.717) is 10.7 Å². The SMILES string of the molecule is CN[C@H](CO)c1cc(Cl)cc(C)c1N. The summed E-state index contributed by atoms with van der Waals surface area (Å²) in [7, 11) is 1.77. The van der Waals surface area contributed by atoms with Gasteiger partial charge in [-0.2, -0.15) is 0 Å². The lowest BCUT2D eigenvalue weighted by atomic mass is 10.0. The van der Waals surface area contributed by atoms with Crippen molar-refractivity contribution in [3.8, 4) is 0 Å². The number of hydrogen-bond acceptors (Lipinski definition) is 3. The van der Waals surface area contributed by atoms with E-state index in [2.05, 4.69) is 5.32 Å². The Hall–Kier alpha value is -0.770. The standard InChI is InChI=1S/C10H15ClN2O/c1-6-3-7(11)4-8(10(6)12)9(5-14)13-2/h3-4,9,13-14H,5,12H2,1-2H3/t9-/m1/s1. The molecular weight excluding hydrogens is 200 g/mol. The molecule has 0 bridgehead atoms. The Morgan fingerprint density at radius 2 is 2.21 bits per heavy atom. The van der Waals surface area contributed by atoms with E-state index in [0.717, 1.165) is 11.1 Å². The van der Waals surface area contributed by atoms with Crippen LogP contribution in [0.4, 0.5) is 5.69 Å². The Kier molecular flexibility index (Phi) is 3.75. The Labute approximate surface area is 88.9 Å². The second-order valence-corrected chi connectivity index (χ2v) is 3.69. The summed E-state index contributed by atoms with van der Waals surface area (Å²) in [6.07, 6.45) is 0. The number of halogens is 1. The number of anilines is 1. The average molecular weight is 215 g/mol. The number of hydrogen-bond donors (Lipinski definition) is 3. The molecule has 0 radical (unpaired) electrons. The van der Waals surface area contributed by atoms with Gasteiger partial charge < -0.3 is 16.2 Å². The smallest absolute Gasteiger partial charge is 0.0627 e. The van der Waals surface area contributed by atoms with Crippen LogP contribution >= 0.6 is 11.6 Å². The molecule has 14 heavy (non-hydrogen) atoms. The molecule has 0 amide bonds. The zero-order chi connectivity index (χ0) is 10.7. The van der Waals surface area contributed by atoms with Crippen molar-refractivity contribution in [2.24, 2.45) is 0 Å². The number of nitrogens with two attached hydrogens (primary N) is 1. The Morgan fingerprint density at radius 3 is 2.71 bits per heavy atom. The van der Waals surface area contributed by atoms with Crippen LogP contribution in [0.2, 0.25) is 5.02 Å². The predicted molar refractivity (Wildman–Crippen MR) is 59.5 cm³/mol. The maximum atomic E-state index is 9.12. The van der Waals surface area contributed by atoms with Gasteiger partial charge in [-0.25, -0.2) is 0 Å². The summed E-state index contributed by atoms with van der Waals surface area (Å²) >= 11 is 5.92. The van der Waals surface area contributed by atoms with E-state index in [1.807, 2.05) is 13.0 Å². The number of benzene rings is 1. The van der Waals surface area contributed by atoms with Crippen LogP contribution in [-0.4, -0.2) is 18.8 Å². The monoisotopic (exact) mass is 214 g/mol. The van der Waals surface area contributed by atoms with Gasteiger partial charge in [-0.05, 0) is 37.2 Å². The first kappa shape index (κ1) is 11.3. The first-order valence-electron chi connectivity index (χ1n) is 4.43. The van der Waals surface area contributed by atoms with E-state index >= 15 is 0 Å². The average Bonchev–Trinajstić information content (AvgIpc) is 2.15. The topological polar surface area (TPSA) is 58.3 Å². The second kappa shape index (κ2) is 4.64. The van der Waals surface area contributed by atoms with E-state index in [1.54, 1.807) is 13.1 Å². The third-order valence-electron chi connectivity index (χ3n) is 2.29. The number of nitrogen functional groups attached to an aromatic ring is 1. The predicted octanol–water partition coefficient (Wildman–Crippen LogP) is 1.48. The summed E-state index contributed by atoms with van der Waals surface area (Å²) in [5.74, 6) is 0. The van der Waals surface area contributed by atoms with Gasteiger partial charge in [0.2, 0.25) is 0 Å². The fraction of sp³-hybridized carbons (Fsp3) is 0.400. The highest BCUT2D eigenvalue weighted by Gasteiger charge is 2.13. The van der Waals surface area contributed by atoms with Gasteiger partial charge in [0.25, 0.3) is 0 Å². The van der Waals surface area contributed by atoms with Crippen LogP contribution in [0.25, 0.3) is 0 Å². The molecule has 0 unspecified atom stereocenters. The molecule has 78 valence electrons. The van der Waals surface area contributed by atoms with Gasteiger partial charge in [0, 0.05) is 10.7 Å². The molecule has 1 rings (SSSR count). The fourth-order valence-corrected chi connectivity index (χ4v) is 1.69. The van der Waals surface area contributed by atoms with Crippen molar-refractivity contribution >= 4 is 17.3 Å². The largest absolute Gasteiger partial charge is 0.398 e. The van der Waals surface area contributed by atoms with Crippen molar-refractivity contribution in [2.45, 2.75) is 13.0 Å². The van der Waals surface area contributed by atoms with Gasteiger partial charge in [0.15, 0.2) is 0 Å². The second-order valence-electron chi connectivity index (χ2n) is 3.25. The molecule has 0 aliphatic rings. The van der Waals surface area contributed by atoms with Gasteiger partial charge in [-0.15, -0.1) is 0 Å². The molecule has 0 saturated heterocycles. The molecule has 0 saturated carbocycles. The van der Waals surface area contributed by atoms with Gasteiger partial charge >= 0.3 is 0 Å². The third kappa shape index (κ3) is 2.18. The Morgan fingerprint density at radius 1 is 1.57 bits per heavy atom. The molecule has 1 aromatic rings. The number of likely N-dealkylation sites (N-methyl/N-ethyl adjacent to an activating group) is 1. The van der Waals surface area contributed by atoms with Crippen LogP contribution in [0.1, 0.15) is 17.2 Å². The van der Waals surface area contributed by atoms with E-state index in [1.165, 1.54) is 0 Å². The minimum Gasteiger partial charge on any atom is -0.398 e. The molecule has 4 N–H and O–H groups in total. The molecule has 1 aromatic carbocycles. The molecule has 0 aromatic heterocycles. The van der Waals surface area contributed by atoms with Crippen LogP contribution in [0.5, 0.6) is 0 Å². The molecule has 0 aliphatic heterocycles. The maximum Gasteiger partial charge on any atom is 0.0627 e. The lowest BCUT2D eigenvalue weighted by Crippen LogP contribution is -2.21. The van der Waals surface area contributed by atoms with E-state index in [4.69, 9.17) is 22.4 Å². The summed E-state index contributed by atoms with van der Waals surface area (Å²) in [6.45, 7) is 1.90. The molecule has 0 aliphatic carbocycles. The summed E-state index contributed by atoms with van der Waals surface area (Å²) < 4.78 is 0. The molecule has 0 spiro atoms. The minimum absolute atomic E-state index is 0.000478. The van der Waals surface area contributed by atoms with Crippen molar-refractivity contribution in [1.82, 2.24) is 5.32 Å². The quantitative estimate of drug-likeness (QED) is 0.669. The molecule has 1 atom stereocenters. The molecular formula is C10H15ClN2O. The van der Waals surface area contributed by atoms with Crippen LogP contribution in [0.3, 0.4) is 0 Å². The highest BCUT2D eigenvalue weighted by Crippen LogP contribution is 2.27. The Bertz CT molecular complexity index is 324. The van der Waals surface area contributed by atoms with Crippen molar-refractivity contribution in [1.29, 1.82) is 0 Å². The molecule has 0 heterocycles. The summed E-state index contributed by atoms with van der Waals surface area (Å²) in [4.78, 5) is 0. The number of aryl methyl sites for hydroxylation is 1. The van der Waals surface area contributed by atoms with Gasteiger partial charge in [-0.3, -0.25) is 0 Å². The zero-order valence-corrected chi connectivity index (χ0v) is 9.10. The van der Waals surface area contributed by atoms with Crippen molar-refractivity contribution in [3.05, 3.63) is 28.3 Å². The Balaban J connectivity index is 3.18. The maximum absolute atomic E-state index is 9.12.